The molecule has 2 rings (SSSR count). The Kier molecular flexibility index (Phi) is 4.84. The number of rotatable bonds is 4. The predicted octanol–water partition coefficient (Wildman–Crippen LogP) is 3.09. The van der Waals surface area contributed by atoms with E-state index in [1.807, 2.05) is 6.92 Å². The first-order valence-corrected chi connectivity index (χ1v) is 8.95. The summed E-state index contributed by atoms with van der Waals surface area (Å²) >= 11 is 0. The van der Waals surface area contributed by atoms with E-state index in [2.05, 4.69) is 6.92 Å². The third-order valence-electron chi connectivity index (χ3n) is 4.16. The standard InChI is InChI=1S/C16H23NO3S/c1-4-16(18)14-6-5-7-15(11-14)21(19,20)17-9-8-12(2)10-13(17)3/h5-7,11-13H,4,8-10H2,1-3H3. The van der Waals surface area contributed by atoms with E-state index in [0.29, 0.717) is 24.4 Å². The third-order valence-corrected chi connectivity index (χ3v) is 6.17. The van der Waals surface area contributed by atoms with Crippen molar-refractivity contribution < 1.29 is 13.2 Å². The quantitative estimate of drug-likeness (QED) is 0.803. The number of carbonyl (C=O) groups excluding carboxylic acids is 1. The van der Waals surface area contributed by atoms with Crippen LogP contribution >= 0.6 is 0 Å². The Hall–Kier alpha value is -1.20. The van der Waals surface area contributed by atoms with Crippen LogP contribution in [0.4, 0.5) is 0 Å². The number of sulfonamides is 1. The van der Waals surface area contributed by atoms with Crippen LogP contribution in [0.25, 0.3) is 0 Å². The van der Waals surface area contributed by atoms with Gasteiger partial charge in [0.1, 0.15) is 0 Å². The molecule has 2 atom stereocenters. The molecule has 5 heteroatoms. The van der Waals surface area contributed by atoms with Crippen LogP contribution in [0.2, 0.25) is 0 Å². The lowest BCUT2D eigenvalue weighted by Gasteiger charge is -2.35. The average molecular weight is 309 g/mol. The zero-order valence-corrected chi connectivity index (χ0v) is 13.7. The molecule has 1 fully saturated rings. The van der Waals surface area contributed by atoms with E-state index in [-0.39, 0.29) is 16.7 Å². The Morgan fingerprint density at radius 3 is 2.67 bits per heavy atom. The maximum Gasteiger partial charge on any atom is 0.243 e. The highest BCUT2D eigenvalue weighted by molar-refractivity contribution is 7.89. The fourth-order valence-corrected chi connectivity index (χ4v) is 4.62. The molecular formula is C16H23NO3S. The van der Waals surface area contributed by atoms with E-state index in [1.165, 1.54) is 6.07 Å². The van der Waals surface area contributed by atoms with Gasteiger partial charge in [0.05, 0.1) is 4.90 Å². The fraction of sp³-hybridized carbons (Fsp3) is 0.562. The van der Waals surface area contributed by atoms with Crippen molar-refractivity contribution in [2.45, 2.75) is 51.0 Å². The summed E-state index contributed by atoms with van der Waals surface area (Å²) in [6.45, 7) is 6.43. The number of hydrogen-bond acceptors (Lipinski definition) is 3. The maximum atomic E-state index is 12.8. The van der Waals surface area contributed by atoms with Gasteiger partial charge in [0, 0.05) is 24.6 Å². The lowest BCUT2D eigenvalue weighted by molar-refractivity contribution is 0.0988. The summed E-state index contributed by atoms with van der Waals surface area (Å²) in [4.78, 5) is 12.0. The molecule has 116 valence electrons. The fourth-order valence-electron chi connectivity index (χ4n) is 2.91. The molecule has 1 heterocycles. The van der Waals surface area contributed by atoms with Gasteiger partial charge in [-0.2, -0.15) is 4.31 Å². The Bertz CT molecular complexity index is 624. The topological polar surface area (TPSA) is 54.5 Å². The largest absolute Gasteiger partial charge is 0.294 e. The molecule has 1 aliphatic rings. The number of piperidine rings is 1. The summed E-state index contributed by atoms with van der Waals surface area (Å²) in [5.41, 5.74) is 0.469. The second kappa shape index (κ2) is 6.28. The Morgan fingerprint density at radius 2 is 2.05 bits per heavy atom. The molecule has 2 unspecified atom stereocenters. The summed E-state index contributed by atoms with van der Waals surface area (Å²) in [7, 11) is -3.52. The molecule has 0 N–H and O–H groups in total. The van der Waals surface area contributed by atoms with Gasteiger partial charge in [0.2, 0.25) is 10.0 Å². The van der Waals surface area contributed by atoms with E-state index in [0.717, 1.165) is 12.8 Å². The lowest BCUT2D eigenvalue weighted by Crippen LogP contribution is -2.44. The number of nitrogens with zero attached hydrogens (tertiary/aromatic N) is 1. The molecule has 21 heavy (non-hydrogen) atoms. The number of Topliss-reactive ketones (excluding diaryl/α,β-unsaturated/α-hetero) is 1. The zero-order valence-electron chi connectivity index (χ0n) is 12.9. The summed E-state index contributed by atoms with van der Waals surface area (Å²) in [6, 6.07) is 6.40. The summed E-state index contributed by atoms with van der Waals surface area (Å²) in [5.74, 6) is 0.520. The summed E-state index contributed by atoms with van der Waals surface area (Å²) in [6.07, 6.45) is 2.14. The van der Waals surface area contributed by atoms with Gasteiger partial charge in [-0.3, -0.25) is 4.79 Å². The number of carbonyl (C=O) groups is 1. The normalized spacial score (nSPS) is 24.0. The average Bonchev–Trinajstić information content (AvgIpc) is 2.46. The predicted molar refractivity (Wildman–Crippen MR) is 82.8 cm³/mol. The first-order chi connectivity index (χ1) is 9.86. The van der Waals surface area contributed by atoms with Crippen molar-refractivity contribution >= 4 is 15.8 Å². The van der Waals surface area contributed by atoms with Crippen molar-refractivity contribution in [1.29, 1.82) is 0 Å². The first-order valence-electron chi connectivity index (χ1n) is 7.51. The van der Waals surface area contributed by atoms with Crippen LogP contribution < -0.4 is 0 Å². The van der Waals surface area contributed by atoms with Gasteiger partial charge in [-0.15, -0.1) is 0 Å². The Labute approximate surface area is 127 Å². The van der Waals surface area contributed by atoms with Crippen LogP contribution in [0.3, 0.4) is 0 Å². The summed E-state index contributed by atoms with van der Waals surface area (Å²) < 4.78 is 27.1. The minimum atomic E-state index is -3.52. The molecule has 0 spiro atoms. The van der Waals surface area contributed by atoms with Crippen molar-refractivity contribution in [3.8, 4) is 0 Å². The highest BCUT2D eigenvalue weighted by atomic mass is 32.2. The van der Waals surface area contributed by atoms with Crippen LogP contribution in [0.15, 0.2) is 29.2 Å². The molecule has 0 aromatic heterocycles. The van der Waals surface area contributed by atoms with Gasteiger partial charge in [0.15, 0.2) is 5.78 Å². The highest BCUT2D eigenvalue weighted by Crippen LogP contribution is 2.28. The van der Waals surface area contributed by atoms with Gasteiger partial charge < -0.3 is 0 Å². The molecule has 0 aliphatic carbocycles. The summed E-state index contributed by atoms with van der Waals surface area (Å²) in [5, 5.41) is 0. The van der Waals surface area contributed by atoms with Gasteiger partial charge >= 0.3 is 0 Å². The smallest absolute Gasteiger partial charge is 0.243 e. The highest BCUT2D eigenvalue weighted by Gasteiger charge is 2.33. The zero-order chi connectivity index (χ0) is 15.6. The number of benzene rings is 1. The van der Waals surface area contributed by atoms with Crippen LogP contribution in [-0.4, -0.2) is 31.1 Å². The second-order valence-corrected chi connectivity index (χ2v) is 7.79. The van der Waals surface area contributed by atoms with Gasteiger partial charge in [-0.25, -0.2) is 8.42 Å². The Morgan fingerprint density at radius 1 is 1.33 bits per heavy atom. The van der Waals surface area contributed by atoms with Gasteiger partial charge in [-0.05, 0) is 37.8 Å². The second-order valence-electron chi connectivity index (χ2n) is 5.90. The Balaban J connectivity index is 2.33. The van der Waals surface area contributed by atoms with Gasteiger partial charge in [-0.1, -0.05) is 26.0 Å². The van der Waals surface area contributed by atoms with Crippen LogP contribution in [0.1, 0.15) is 50.4 Å². The molecule has 0 bridgehead atoms. The van der Waals surface area contributed by atoms with Crippen molar-refractivity contribution in [3.05, 3.63) is 29.8 Å². The van der Waals surface area contributed by atoms with Crippen molar-refractivity contribution in [2.24, 2.45) is 5.92 Å². The molecule has 1 saturated heterocycles. The molecule has 0 amide bonds. The minimum Gasteiger partial charge on any atom is -0.294 e. The van der Waals surface area contributed by atoms with E-state index < -0.39 is 10.0 Å². The molecule has 4 nitrogen and oxygen atoms in total. The van der Waals surface area contributed by atoms with Crippen molar-refractivity contribution in [3.63, 3.8) is 0 Å². The van der Waals surface area contributed by atoms with Crippen molar-refractivity contribution in [1.82, 2.24) is 4.31 Å². The maximum absolute atomic E-state index is 12.8. The molecule has 1 aromatic carbocycles. The third kappa shape index (κ3) is 3.35. The molecule has 1 aromatic rings. The minimum absolute atomic E-state index is 0.00397. The first kappa shape index (κ1) is 16.2. The van der Waals surface area contributed by atoms with Crippen LogP contribution in [0.5, 0.6) is 0 Å². The van der Waals surface area contributed by atoms with E-state index in [9.17, 15) is 13.2 Å². The molecule has 0 radical (unpaired) electrons. The lowest BCUT2D eigenvalue weighted by atomic mass is 9.95. The van der Waals surface area contributed by atoms with Crippen LogP contribution in [-0.2, 0) is 10.0 Å². The monoisotopic (exact) mass is 309 g/mol. The number of ketones is 1. The van der Waals surface area contributed by atoms with E-state index >= 15 is 0 Å². The SMILES string of the molecule is CCC(=O)c1cccc(S(=O)(=O)N2CCC(C)CC2C)c1. The van der Waals surface area contributed by atoms with Crippen molar-refractivity contribution in [2.75, 3.05) is 6.54 Å². The van der Waals surface area contributed by atoms with E-state index in [1.54, 1.807) is 29.4 Å². The molecular weight excluding hydrogens is 286 g/mol. The molecule has 1 aliphatic heterocycles. The van der Waals surface area contributed by atoms with E-state index in [4.69, 9.17) is 0 Å². The molecule has 0 saturated carbocycles. The van der Waals surface area contributed by atoms with Gasteiger partial charge in [0.25, 0.3) is 0 Å². The number of hydrogen-bond donors (Lipinski definition) is 0. The van der Waals surface area contributed by atoms with Crippen LogP contribution in [0, 0.1) is 5.92 Å².